The van der Waals surface area contributed by atoms with Crippen LogP contribution in [0.1, 0.15) is 15.9 Å². The normalized spacial score (nSPS) is 18.0. The molecule has 1 unspecified atom stereocenters. The van der Waals surface area contributed by atoms with Crippen LogP contribution in [0.15, 0.2) is 29.2 Å². The summed E-state index contributed by atoms with van der Waals surface area (Å²) in [6.45, 7) is 1.40. The second kappa shape index (κ2) is 5.93. The Bertz CT molecular complexity index is 917. The van der Waals surface area contributed by atoms with Gasteiger partial charge in [-0.2, -0.15) is 0 Å². The molecule has 2 aliphatic heterocycles. The van der Waals surface area contributed by atoms with Crippen LogP contribution in [0.5, 0.6) is 11.5 Å². The number of methoxy groups -OCH3 is 1. The number of carbonyl (C=O) groups is 1. The molecule has 2 aliphatic rings. The van der Waals surface area contributed by atoms with Crippen molar-refractivity contribution in [3.63, 3.8) is 0 Å². The zero-order valence-corrected chi connectivity index (χ0v) is 13.7. The first-order chi connectivity index (χ1) is 12.1. The van der Waals surface area contributed by atoms with E-state index in [4.69, 9.17) is 19.3 Å². The summed E-state index contributed by atoms with van der Waals surface area (Å²) in [5.41, 5.74) is 1.87. The summed E-state index contributed by atoms with van der Waals surface area (Å²) in [5.74, 6) is 0.0492. The number of hydrogen-bond donors (Lipinski definition) is 1. The van der Waals surface area contributed by atoms with E-state index in [0.29, 0.717) is 43.4 Å². The molecule has 7 nitrogen and oxygen atoms in total. The van der Waals surface area contributed by atoms with Gasteiger partial charge in [-0.05, 0) is 24.1 Å². The molecule has 0 radical (unpaired) electrons. The van der Waals surface area contributed by atoms with Crippen molar-refractivity contribution in [1.29, 1.82) is 0 Å². The molecule has 7 heteroatoms. The zero-order chi connectivity index (χ0) is 17.6. The van der Waals surface area contributed by atoms with Crippen molar-refractivity contribution in [3.8, 4) is 22.8 Å². The van der Waals surface area contributed by atoms with Crippen LogP contribution in [0.4, 0.5) is 0 Å². The molecule has 130 valence electrons. The molecule has 0 bridgehead atoms. The second-order valence-electron chi connectivity index (χ2n) is 6.12. The molecule has 2 aromatic rings. The molecule has 4 rings (SSSR count). The van der Waals surface area contributed by atoms with Gasteiger partial charge in [-0.25, -0.2) is 4.79 Å². The number of pyridine rings is 1. The Morgan fingerprint density at radius 2 is 1.96 bits per heavy atom. The predicted octanol–water partition coefficient (Wildman–Crippen LogP) is 1.56. The first-order valence-electron chi connectivity index (χ1n) is 8.00. The number of carboxylic acid groups (broad SMARTS) is 1. The molecule has 0 saturated heterocycles. The number of nitrogens with zero attached hydrogens (tertiary/aromatic N) is 1. The first-order valence-corrected chi connectivity index (χ1v) is 8.00. The Kier molecular flexibility index (Phi) is 3.73. The number of rotatable bonds is 2. The van der Waals surface area contributed by atoms with E-state index in [-0.39, 0.29) is 11.7 Å². The van der Waals surface area contributed by atoms with Crippen LogP contribution in [0.2, 0.25) is 0 Å². The molecule has 1 aromatic carbocycles. The largest absolute Gasteiger partial charge is 0.487 e. The Balaban J connectivity index is 1.81. The molecule has 1 aromatic heterocycles. The highest BCUT2D eigenvalue weighted by atomic mass is 16.6. The van der Waals surface area contributed by atoms with Crippen molar-refractivity contribution >= 4 is 5.97 Å². The highest BCUT2D eigenvalue weighted by Crippen LogP contribution is 2.39. The third-order valence-corrected chi connectivity index (χ3v) is 4.61. The van der Waals surface area contributed by atoms with Crippen molar-refractivity contribution in [3.05, 3.63) is 45.7 Å². The third kappa shape index (κ3) is 2.66. The van der Waals surface area contributed by atoms with Crippen molar-refractivity contribution in [2.75, 3.05) is 20.3 Å². The van der Waals surface area contributed by atoms with Gasteiger partial charge in [-0.1, -0.05) is 0 Å². The molecule has 1 N–H and O–H groups in total. The highest BCUT2D eigenvalue weighted by molar-refractivity contribution is 5.87. The van der Waals surface area contributed by atoms with E-state index in [1.165, 1.54) is 12.3 Å². The molecule has 3 heterocycles. The fraction of sp³-hybridized carbons (Fsp3) is 0.333. The smallest absolute Gasteiger partial charge is 0.341 e. The topological polar surface area (TPSA) is 87.0 Å². The van der Waals surface area contributed by atoms with Gasteiger partial charge >= 0.3 is 5.97 Å². The minimum atomic E-state index is -1.21. The molecule has 1 atom stereocenters. The highest BCUT2D eigenvalue weighted by Gasteiger charge is 2.24. The van der Waals surface area contributed by atoms with Gasteiger partial charge in [0.2, 0.25) is 0 Å². The van der Waals surface area contributed by atoms with E-state index in [2.05, 4.69) is 0 Å². The Morgan fingerprint density at radius 3 is 2.64 bits per heavy atom. The number of carboxylic acids is 1. The van der Waals surface area contributed by atoms with Gasteiger partial charge in [0.15, 0.2) is 16.9 Å². The average molecular weight is 343 g/mol. The van der Waals surface area contributed by atoms with Crippen LogP contribution in [0, 0.1) is 0 Å². The van der Waals surface area contributed by atoms with Crippen LogP contribution in [0.3, 0.4) is 0 Å². The molecule has 25 heavy (non-hydrogen) atoms. The molecule has 0 spiro atoms. The molecule has 0 amide bonds. The second-order valence-corrected chi connectivity index (χ2v) is 6.12. The monoisotopic (exact) mass is 343 g/mol. The van der Waals surface area contributed by atoms with Crippen molar-refractivity contribution in [2.24, 2.45) is 0 Å². The molecule has 0 fully saturated rings. The number of benzene rings is 1. The van der Waals surface area contributed by atoms with Gasteiger partial charge in [0.1, 0.15) is 24.9 Å². The van der Waals surface area contributed by atoms with Gasteiger partial charge in [0.25, 0.3) is 0 Å². The number of fused-ring (bicyclic) bond motifs is 4. The summed E-state index contributed by atoms with van der Waals surface area (Å²) < 4.78 is 18.7. The number of aromatic nitrogens is 1. The maximum Gasteiger partial charge on any atom is 0.341 e. The lowest BCUT2D eigenvalue weighted by atomic mass is 9.96. The van der Waals surface area contributed by atoms with E-state index >= 15 is 0 Å². The number of aryl methyl sites for hydroxylation is 2. The van der Waals surface area contributed by atoms with E-state index in [0.717, 1.165) is 11.1 Å². The average Bonchev–Trinajstić information content (AvgIpc) is 2.81. The lowest BCUT2D eigenvalue weighted by molar-refractivity contribution is 0.0366. The zero-order valence-electron chi connectivity index (χ0n) is 13.7. The summed E-state index contributed by atoms with van der Waals surface area (Å²) >= 11 is 0. The summed E-state index contributed by atoms with van der Waals surface area (Å²) in [5, 5.41) is 9.14. The summed E-state index contributed by atoms with van der Waals surface area (Å²) in [7, 11) is 1.61. The summed E-state index contributed by atoms with van der Waals surface area (Å²) in [6, 6.07) is 5.17. The van der Waals surface area contributed by atoms with Crippen molar-refractivity contribution in [1.82, 2.24) is 4.57 Å². The Hall–Kier alpha value is -2.80. The van der Waals surface area contributed by atoms with Gasteiger partial charge in [0, 0.05) is 31.5 Å². The maximum absolute atomic E-state index is 12.1. The fourth-order valence-electron chi connectivity index (χ4n) is 3.22. The quantitative estimate of drug-likeness (QED) is 0.890. The van der Waals surface area contributed by atoms with Crippen LogP contribution in [-0.2, 0) is 17.7 Å². The maximum atomic E-state index is 12.1. The van der Waals surface area contributed by atoms with E-state index in [1.807, 2.05) is 12.1 Å². The third-order valence-electron chi connectivity index (χ3n) is 4.61. The SMILES string of the molecule is COC1COc2cc3c(cc2OC1)-c1cc(=O)c(C(=O)O)cn1CC3. The standard InChI is InChI=1S/C18H17NO6/c1-23-11-8-24-16-4-10-2-3-19-7-13(18(21)22)15(20)6-14(19)12(10)5-17(16)25-9-11/h4-7,11H,2-3,8-9H2,1H3,(H,21,22). The van der Waals surface area contributed by atoms with E-state index in [9.17, 15) is 9.59 Å². The predicted molar refractivity (Wildman–Crippen MR) is 88.6 cm³/mol. The molecule has 0 aliphatic carbocycles. The van der Waals surface area contributed by atoms with Gasteiger partial charge in [-0.15, -0.1) is 0 Å². The summed E-state index contributed by atoms with van der Waals surface area (Å²) in [6.07, 6.45) is 1.99. The minimum Gasteiger partial charge on any atom is -0.487 e. The molecular formula is C18H17NO6. The van der Waals surface area contributed by atoms with E-state index < -0.39 is 11.4 Å². The number of aromatic carboxylic acids is 1. The van der Waals surface area contributed by atoms with Gasteiger partial charge in [0.05, 0.1) is 5.69 Å². The van der Waals surface area contributed by atoms with E-state index in [1.54, 1.807) is 11.7 Å². The Labute approximate surface area is 143 Å². The number of ether oxygens (including phenoxy) is 3. The van der Waals surface area contributed by atoms with Crippen LogP contribution in [0.25, 0.3) is 11.3 Å². The fourth-order valence-corrected chi connectivity index (χ4v) is 3.22. The van der Waals surface area contributed by atoms with Gasteiger partial charge < -0.3 is 23.9 Å². The lowest BCUT2D eigenvalue weighted by Crippen LogP contribution is -2.24. The van der Waals surface area contributed by atoms with Crippen LogP contribution in [-0.4, -0.2) is 42.1 Å². The molecule has 0 saturated carbocycles. The molecular weight excluding hydrogens is 326 g/mol. The minimum absolute atomic E-state index is 0.141. The number of hydrogen-bond acceptors (Lipinski definition) is 5. The Morgan fingerprint density at radius 1 is 1.24 bits per heavy atom. The first kappa shape index (κ1) is 15.7. The van der Waals surface area contributed by atoms with Crippen molar-refractivity contribution in [2.45, 2.75) is 19.1 Å². The van der Waals surface area contributed by atoms with Crippen LogP contribution < -0.4 is 14.9 Å². The lowest BCUT2D eigenvalue weighted by Gasteiger charge is -2.24. The summed E-state index contributed by atoms with van der Waals surface area (Å²) in [4.78, 5) is 23.3. The van der Waals surface area contributed by atoms with Crippen molar-refractivity contribution < 1.29 is 24.1 Å². The van der Waals surface area contributed by atoms with Crippen LogP contribution >= 0.6 is 0 Å². The van der Waals surface area contributed by atoms with Gasteiger partial charge in [-0.3, -0.25) is 4.79 Å².